The lowest BCUT2D eigenvalue weighted by atomic mass is 9.87. The third-order valence-corrected chi connectivity index (χ3v) is 6.25. The third kappa shape index (κ3) is 11.7. The van der Waals surface area contributed by atoms with Gasteiger partial charge in [0.25, 0.3) is 0 Å². The minimum atomic E-state index is -1.41. The Kier molecular flexibility index (Phi) is 14.3. The van der Waals surface area contributed by atoms with Crippen LogP contribution in [0.3, 0.4) is 0 Å². The predicted molar refractivity (Wildman–Crippen MR) is 144 cm³/mol. The minimum absolute atomic E-state index is 0.00287. The van der Waals surface area contributed by atoms with E-state index in [4.69, 9.17) is 34.2 Å². The Morgan fingerprint density at radius 2 is 1.32 bits per heavy atom. The number of aliphatic carboxylic acids is 1. The van der Waals surface area contributed by atoms with E-state index in [9.17, 15) is 24.3 Å². The summed E-state index contributed by atoms with van der Waals surface area (Å²) in [7, 11) is 0. The number of hydrogen-bond donors (Lipinski definition) is 2. The molecule has 0 aliphatic rings. The van der Waals surface area contributed by atoms with Gasteiger partial charge in [-0.15, -0.1) is 0 Å². The molecule has 0 bridgehead atoms. The maximum atomic E-state index is 12.5. The Bertz CT molecular complexity index is 994. The van der Waals surface area contributed by atoms with Crippen molar-refractivity contribution in [2.24, 2.45) is 17.6 Å². The first-order valence-electron chi connectivity index (χ1n) is 13.4. The summed E-state index contributed by atoms with van der Waals surface area (Å²) in [6.45, 7) is 14.4. The summed E-state index contributed by atoms with van der Waals surface area (Å²) in [5.74, 6) is -2.54. The predicted octanol–water partition coefficient (Wildman–Crippen LogP) is 5.64. The molecule has 40 heavy (non-hydrogen) atoms. The average molecular weight is 570 g/mol. The van der Waals surface area contributed by atoms with Crippen molar-refractivity contribution in [3.05, 3.63) is 23.8 Å². The van der Waals surface area contributed by atoms with Crippen molar-refractivity contribution in [3.8, 4) is 11.5 Å². The van der Waals surface area contributed by atoms with Crippen LogP contribution in [0.15, 0.2) is 18.2 Å². The molecule has 226 valence electrons. The summed E-state index contributed by atoms with van der Waals surface area (Å²) in [6, 6.07) is 2.71. The molecule has 4 unspecified atom stereocenters. The van der Waals surface area contributed by atoms with Crippen molar-refractivity contribution in [2.45, 2.75) is 98.5 Å². The summed E-state index contributed by atoms with van der Waals surface area (Å²) in [5, 5.41) is 9.64. The number of benzene rings is 1. The number of ether oxygens (including phenoxy) is 6. The highest BCUT2D eigenvalue weighted by molar-refractivity contribution is 5.75. The van der Waals surface area contributed by atoms with E-state index in [0.717, 1.165) is 0 Å². The van der Waals surface area contributed by atoms with Gasteiger partial charge >= 0.3 is 24.4 Å². The van der Waals surface area contributed by atoms with E-state index in [0.29, 0.717) is 12.0 Å². The summed E-state index contributed by atoms with van der Waals surface area (Å²) in [4.78, 5) is 48.6. The molecule has 12 nitrogen and oxygen atoms in total. The van der Waals surface area contributed by atoms with E-state index in [1.165, 1.54) is 18.2 Å². The summed E-state index contributed by atoms with van der Waals surface area (Å²) < 4.78 is 31.4. The molecule has 0 radical (unpaired) electrons. The van der Waals surface area contributed by atoms with E-state index in [1.54, 1.807) is 20.8 Å². The van der Waals surface area contributed by atoms with E-state index < -0.39 is 54.7 Å². The standard InChI is InChI=1S/C28H43NO11/c1-9-12-35-26(32)36-17(6)13-21(24(29)25(30)31)20-10-11-22(39-27(33)37-18(7)15(2)3)23(14-20)40-28(34)38-19(8)16(4)5/h10-11,14-19,21,24H,9,12-13,29H2,1-8H3,(H,30,31)/t17?,18?,19?,21?,24-/m0/s1. The summed E-state index contributed by atoms with van der Waals surface area (Å²) in [6.07, 6.45) is -4.06. The molecule has 0 aromatic heterocycles. The first-order chi connectivity index (χ1) is 18.7. The van der Waals surface area contributed by atoms with Gasteiger partial charge in [0.2, 0.25) is 0 Å². The van der Waals surface area contributed by atoms with Gasteiger partial charge in [-0.05, 0) is 63.1 Å². The average Bonchev–Trinajstić information content (AvgIpc) is 2.86. The molecule has 0 spiro atoms. The van der Waals surface area contributed by atoms with Crippen LogP contribution in [0.4, 0.5) is 14.4 Å². The van der Waals surface area contributed by atoms with E-state index >= 15 is 0 Å². The van der Waals surface area contributed by atoms with Crippen LogP contribution in [0.25, 0.3) is 0 Å². The lowest BCUT2D eigenvalue weighted by molar-refractivity contribution is -0.139. The fraction of sp³-hybridized carbons (Fsp3) is 0.643. The molecule has 12 heteroatoms. The number of hydrogen-bond acceptors (Lipinski definition) is 11. The van der Waals surface area contributed by atoms with Crippen molar-refractivity contribution in [2.75, 3.05) is 6.61 Å². The normalized spacial score (nSPS) is 14.9. The Balaban J connectivity index is 3.35. The van der Waals surface area contributed by atoms with E-state index in [-0.39, 0.29) is 36.4 Å². The van der Waals surface area contributed by atoms with Crippen LogP contribution in [0.1, 0.15) is 79.7 Å². The Morgan fingerprint density at radius 3 is 1.80 bits per heavy atom. The highest BCUT2D eigenvalue weighted by Crippen LogP contribution is 2.35. The SMILES string of the molecule is CCCOC(=O)OC(C)CC(c1ccc(OC(=O)OC(C)C(C)C)c(OC(=O)OC(C)C(C)C)c1)[C@H](N)C(=O)O. The number of nitrogens with two attached hydrogens (primary N) is 1. The van der Waals surface area contributed by atoms with Crippen LogP contribution in [0.2, 0.25) is 0 Å². The molecule has 1 aromatic rings. The lowest BCUT2D eigenvalue weighted by Gasteiger charge is -2.25. The second kappa shape index (κ2) is 16.5. The Morgan fingerprint density at radius 1 is 0.800 bits per heavy atom. The molecular formula is C28H43NO11. The molecule has 1 aromatic carbocycles. The molecule has 0 aliphatic heterocycles. The molecule has 0 saturated heterocycles. The zero-order valence-corrected chi connectivity index (χ0v) is 24.5. The zero-order chi connectivity index (χ0) is 30.6. The molecule has 0 aliphatic carbocycles. The summed E-state index contributed by atoms with van der Waals surface area (Å²) >= 11 is 0. The molecular weight excluding hydrogens is 526 g/mol. The first-order valence-corrected chi connectivity index (χ1v) is 13.4. The van der Waals surface area contributed by atoms with Gasteiger partial charge in [-0.2, -0.15) is 0 Å². The van der Waals surface area contributed by atoms with E-state index in [1.807, 2.05) is 34.6 Å². The van der Waals surface area contributed by atoms with Crippen molar-refractivity contribution in [1.29, 1.82) is 0 Å². The maximum Gasteiger partial charge on any atom is 0.514 e. The zero-order valence-electron chi connectivity index (χ0n) is 24.5. The van der Waals surface area contributed by atoms with Gasteiger partial charge in [-0.25, -0.2) is 14.4 Å². The van der Waals surface area contributed by atoms with Crippen molar-refractivity contribution in [1.82, 2.24) is 0 Å². The Labute approximate surface area is 235 Å². The number of carboxylic acids is 1. The van der Waals surface area contributed by atoms with Crippen LogP contribution in [0.5, 0.6) is 11.5 Å². The highest BCUT2D eigenvalue weighted by atomic mass is 16.8. The molecule has 0 fully saturated rings. The van der Waals surface area contributed by atoms with Crippen molar-refractivity contribution < 1.29 is 52.7 Å². The van der Waals surface area contributed by atoms with Gasteiger partial charge in [0.05, 0.1) is 6.61 Å². The van der Waals surface area contributed by atoms with E-state index in [2.05, 4.69) is 0 Å². The quantitative estimate of drug-likeness (QED) is 0.161. The van der Waals surface area contributed by atoms with Gasteiger partial charge in [0, 0.05) is 5.92 Å². The third-order valence-electron chi connectivity index (χ3n) is 6.25. The topological polar surface area (TPSA) is 170 Å². The van der Waals surface area contributed by atoms with Crippen LogP contribution in [-0.2, 0) is 23.7 Å². The first kappa shape index (κ1) is 34.5. The lowest BCUT2D eigenvalue weighted by Crippen LogP contribution is -2.38. The molecule has 0 amide bonds. The number of carboxylic acid groups (broad SMARTS) is 1. The van der Waals surface area contributed by atoms with Gasteiger partial charge in [-0.1, -0.05) is 40.7 Å². The fourth-order valence-electron chi connectivity index (χ4n) is 3.17. The number of carbonyl (C=O) groups is 4. The van der Waals surface area contributed by atoms with Crippen LogP contribution in [-0.4, -0.2) is 60.5 Å². The second-order valence-electron chi connectivity index (χ2n) is 10.3. The van der Waals surface area contributed by atoms with Gasteiger partial charge in [0.1, 0.15) is 24.4 Å². The highest BCUT2D eigenvalue weighted by Gasteiger charge is 2.31. The molecule has 5 atom stereocenters. The van der Waals surface area contributed by atoms with Crippen LogP contribution in [0, 0.1) is 11.8 Å². The fourth-order valence-corrected chi connectivity index (χ4v) is 3.17. The van der Waals surface area contributed by atoms with Gasteiger partial charge in [-0.3, -0.25) is 4.79 Å². The van der Waals surface area contributed by atoms with Crippen LogP contribution >= 0.6 is 0 Å². The van der Waals surface area contributed by atoms with Crippen LogP contribution < -0.4 is 15.2 Å². The maximum absolute atomic E-state index is 12.5. The number of carbonyl (C=O) groups excluding carboxylic acids is 3. The van der Waals surface area contributed by atoms with Crippen molar-refractivity contribution in [3.63, 3.8) is 0 Å². The minimum Gasteiger partial charge on any atom is -0.480 e. The largest absolute Gasteiger partial charge is 0.514 e. The molecule has 0 heterocycles. The monoisotopic (exact) mass is 569 g/mol. The molecule has 3 N–H and O–H groups in total. The molecule has 1 rings (SSSR count). The van der Waals surface area contributed by atoms with Crippen molar-refractivity contribution >= 4 is 24.4 Å². The Hall–Kier alpha value is -3.54. The van der Waals surface area contributed by atoms with Gasteiger partial charge in [0.15, 0.2) is 11.5 Å². The summed E-state index contributed by atoms with van der Waals surface area (Å²) in [5.41, 5.74) is 6.32. The number of rotatable bonds is 14. The molecule has 0 saturated carbocycles. The second-order valence-corrected chi connectivity index (χ2v) is 10.3. The van der Waals surface area contributed by atoms with Gasteiger partial charge < -0.3 is 39.3 Å². The smallest absolute Gasteiger partial charge is 0.480 e.